The van der Waals surface area contributed by atoms with Crippen LogP contribution >= 0.6 is 27.5 Å². The van der Waals surface area contributed by atoms with Gasteiger partial charge in [-0.3, -0.25) is 4.79 Å². The van der Waals surface area contributed by atoms with E-state index in [2.05, 4.69) is 15.9 Å². The number of carbonyl (C=O) groups is 1. The molecule has 1 rings (SSSR count). The number of alkyl halides is 1. The molecule has 0 aliphatic heterocycles. The number of anilines is 1. The van der Waals surface area contributed by atoms with E-state index in [0.29, 0.717) is 16.3 Å². The van der Waals surface area contributed by atoms with Gasteiger partial charge in [-0.2, -0.15) is 0 Å². The Morgan fingerprint density at radius 3 is 2.77 bits per heavy atom. The van der Waals surface area contributed by atoms with Gasteiger partial charge in [0.2, 0.25) is 0 Å². The Bertz CT molecular complexity index is 352. The highest BCUT2D eigenvalue weighted by molar-refractivity contribution is 9.09. The first-order chi connectivity index (χ1) is 6.07. The second-order valence-electron chi connectivity index (χ2n) is 2.71. The zero-order valence-corrected chi connectivity index (χ0v) is 9.45. The molecule has 0 bridgehead atoms. The Balaban J connectivity index is 3.33. The lowest BCUT2D eigenvalue weighted by atomic mass is 10.0. The summed E-state index contributed by atoms with van der Waals surface area (Å²) in [4.78, 5) is 11.4. The van der Waals surface area contributed by atoms with Crippen molar-refractivity contribution in [1.82, 2.24) is 0 Å². The minimum atomic E-state index is -0.0440. The van der Waals surface area contributed by atoms with E-state index in [1.54, 1.807) is 12.1 Å². The lowest BCUT2D eigenvalue weighted by molar-refractivity contribution is 0.102. The van der Waals surface area contributed by atoms with E-state index in [9.17, 15) is 4.79 Å². The summed E-state index contributed by atoms with van der Waals surface area (Å²) in [7, 11) is 0. The molecule has 70 valence electrons. The molecule has 0 fully saturated rings. The number of hydrogen-bond donors (Lipinski definition) is 1. The van der Waals surface area contributed by atoms with Crippen molar-refractivity contribution < 1.29 is 4.79 Å². The van der Waals surface area contributed by atoms with Crippen LogP contribution in [-0.4, -0.2) is 11.1 Å². The van der Waals surface area contributed by atoms with Crippen LogP contribution in [0.1, 0.15) is 15.9 Å². The number of rotatable bonds is 2. The molecule has 1 aromatic rings. The summed E-state index contributed by atoms with van der Waals surface area (Å²) < 4.78 is 0. The van der Waals surface area contributed by atoms with Gasteiger partial charge in [-0.05, 0) is 18.6 Å². The number of nitrogens with two attached hydrogens (primary N) is 1. The molecular weight excluding hydrogens is 253 g/mol. The van der Waals surface area contributed by atoms with E-state index in [4.69, 9.17) is 17.3 Å². The number of ketones is 1. The number of hydrogen-bond acceptors (Lipinski definition) is 2. The first-order valence-electron chi connectivity index (χ1n) is 3.71. The molecule has 0 spiro atoms. The number of aryl methyl sites for hydroxylation is 1. The van der Waals surface area contributed by atoms with Gasteiger partial charge in [-0.1, -0.05) is 33.6 Å². The van der Waals surface area contributed by atoms with E-state index in [1.165, 1.54) is 0 Å². The van der Waals surface area contributed by atoms with E-state index in [-0.39, 0.29) is 11.1 Å². The average Bonchev–Trinajstić information content (AvgIpc) is 2.12. The second kappa shape index (κ2) is 4.11. The summed E-state index contributed by atoms with van der Waals surface area (Å²) in [6.07, 6.45) is 0. The van der Waals surface area contributed by atoms with Gasteiger partial charge in [0.05, 0.1) is 16.0 Å². The highest BCUT2D eigenvalue weighted by Crippen LogP contribution is 2.26. The maximum atomic E-state index is 11.4. The number of nitrogen functional groups attached to an aromatic ring is 1. The fourth-order valence-corrected chi connectivity index (χ4v) is 1.58. The minimum Gasteiger partial charge on any atom is -0.397 e. The van der Waals surface area contributed by atoms with Gasteiger partial charge in [-0.15, -0.1) is 0 Å². The molecule has 0 amide bonds. The summed E-state index contributed by atoms with van der Waals surface area (Å²) >= 11 is 8.89. The summed E-state index contributed by atoms with van der Waals surface area (Å²) in [6.45, 7) is 1.84. The SMILES string of the molecule is Cc1ccc(Cl)c(N)c1C(=O)CBr. The summed E-state index contributed by atoms with van der Waals surface area (Å²) in [6, 6.07) is 3.48. The summed E-state index contributed by atoms with van der Waals surface area (Å²) in [5, 5.41) is 0.688. The first-order valence-corrected chi connectivity index (χ1v) is 5.21. The highest BCUT2D eigenvalue weighted by Gasteiger charge is 2.13. The van der Waals surface area contributed by atoms with Gasteiger partial charge in [0, 0.05) is 5.56 Å². The second-order valence-corrected chi connectivity index (χ2v) is 3.68. The predicted molar refractivity (Wildman–Crippen MR) is 58.7 cm³/mol. The molecule has 4 heteroatoms. The van der Waals surface area contributed by atoms with Crippen molar-refractivity contribution in [3.05, 3.63) is 28.3 Å². The van der Waals surface area contributed by atoms with Crippen molar-refractivity contribution >= 4 is 39.0 Å². The highest BCUT2D eigenvalue weighted by atomic mass is 79.9. The van der Waals surface area contributed by atoms with Crippen LogP contribution < -0.4 is 5.73 Å². The molecule has 0 radical (unpaired) electrons. The van der Waals surface area contributed by atoms with Crippen molar-refractivity contribution in [3.63, 3.8) is 0 Å². The topological polar surface area (TPSA) is 43.1 Å². The first kappa shape index (κ1) is 10.5. The predicted octanol–water partition coefficient (Wildman–Crippen LogP) is 2.81. The monoisotopic (exact) mass is 261 g/mol. The van der Waals surface area contributed by atoms with Gasteiger partial charge in [-0.25, -0.2) is 0 Å². The van der Waals surface area contributed by atoms with E-state index < -0.39 is 0 Å². The van der Waals surface area contributed by atoms with Crippen LogP contribution in [0.25, 0.3) is 0 Å². The number of carbonyl (C=O) groups excluding carboxylic acids is 1. The molecule has 2 N–H and O–H groups in total. The van der Waals surface area contributed by atoms with E-state index >= 15 is 0 Å². The molecule has 13 heavy (non-hydrogen) atoms. The minimum absolute atomic E-state index is 0.0440. The summed E-state index contributed by atoms with van der Waals surface area (Å²) in [5.74, 6) is -0.0440. The number of Topliss-reactive ketones (excluding diaryl/α,β-unsaturated/α-hetero) is 1. The van der Waals surface area contributed by atoms with Gasteiger partial charge < -0.3 is 5.73 Å². The van der Waals surface area contributed by atoms with Gasteiger partial charge in [0.25, 0.3) is 0 Å². The van der Waals surface area contributed by atoms with Crippen LogP contribution in [0.15, 0.2) is 12.1 Å². The van der Waals surface area contributed by atoms with Gasteiger partial charge in [0.1, 0.15) is 0 Å². The Labute approximate surface area is 90.2 Å². The maximum absolute atomic E-state index is 11.4. The molecule has 0 saturated carbocycles. The molecular formula is C9H9BrClNO. The smallest absolute Gasteiger partial charge is 0.175 e. The fraction of sp³-hybridized carbons (Fsp3) is 0.222. The Kier molecular flexibility index (Phi) is 3.33. The quantitative estimate of drug-likeness (QED) is 0.506. The molecule has 0 aliphatic carbocycles. The molecule has 2 nitrogen and oxygen atoms in total. The largest absolute Gasteiger partial charge is 0.397 e. The normalized spacial score (nSPS) is 10.1. The molecule has 0 aliphatic rings. The standard InChI is InChI=1S/C9H9BrClNO/c1-5-2-3-6(11)9(12)8(5)7(13)4-10/h2-3H,4,12H2,1H3. The van der Waals surface area contributed by atoms with Crippen molar-refractivity contribution in [1.29, 1.82) is 0 Å². The zero-order valence-electron chi connectivity index (χ0n) is 7.10. The lowest BCUT2D eigenvalue weighted by Gasteiger charge is -2.07. The van der Waals surface area contributed by atoms with E-state index in [0.717, 1.165) is 5.56 Å². The van der Waals surface area contributed by atoms with Crippen LogP contribution in [0.2, 0.25) is 5.02 Å². The number of halogens is 2. The lowest BCUT2D eigenvalue weighted by Crippen LogP contribution is -2.07. The fourth-order valence-electron chi connectivity index (χ4n) is 1.14. The third-order valence-corrected chi connectivity index (χ3v) is 2.64. The average molecular weight is 263 g/mol. The Morgan fingerprint density at radius 2 is 2.23 bits per heavy atom. The molecule has 0 aromatic heterocycles. The van der Waals surface area contributed by atoms with Gasteiger partial charge in [0.15, 0.2) is 5.78 Å². The Hall–Kier alpha value is -0.540. The van der Waals surface area contributed by atoms with Crippen LogP contribution in [0, 0.1) is 6.92 Å². The van der Waals surface area contributed by atoms with Crippen LogP contribution in [-0.2, 0) is 0 Å². The molecule has 0 atom stereocenters. The molecule has 0 saturated heterocycles. The zero-order chi connectivity index (χ0) is 10.0. The molecule has 1 aromatic carbocycles. The molecule has 0 unspecified atom stereocenters. The van der Waals surface area contributed by atoms with E-state index in [1.807, 2.05) is 6.92 Å². The van der Waals surface area contributed by atoms with Crippen LogP contribution in [0.3, 0.4) is 0 Å². The van der Waals surface area contributed by atoms with Crippen LogP contribution in [0.4, 0.5) is 5.69 Å². The van der Waals surface area contributed by atoms with Crippen molar-refractivity contribution in [2.75, 3.05) is 11.1 Å². The number of benzene rings is 1. The van der Waals surface area contributed by atoms with Crippen LogP contribution in [0.5, 0.6) is 0 Å². The van der Waals surface area contributed by atoms with Crippen molar-refractivity contribution in [2.45, 2.75) is 6.92 Å². The molecule has 0 heterocycles. The van der Waals surface area contributed by atoms with Crippen molar-refractivity contribution in [3.8, 4) is 0 Å². The third-order valence-electron chi connectivity index (χ3n) is 1.80. The maximum Gasteiger partial charge on any atom is 0.175 e. The van der Waals surface area contributed by atoms with Gasteiger partial charge >= 0.3 is 0 Å². The van der Waals surface area contributed by atoms with Crippen molar-refractivity contribution in [2.24, 2.45) is 0 Å². The summed E-state index contributed by atoms with van der Waals surface area (Å²) in [5.41, 5.74) is 7.42. The third kappa shape index (κ3) is 2.03. The Morgan fingerprint density at radius 1 is 1.62 bits per heavy atom.